The lowest BCUT2D eigenvalue weighted by Crippen LogP contribution is -2.51. The van der Waals surface area contributed by atoms with Crippen LogP contribution in [0, 0.1) is 0 Å². The van der Waals surface area contributed by atoms with Crippen molar-refractivity contribution in [2.24, 2.45) is 0 Å². The smallest absolute Gasteiger partial charge is 0.158 e. The first-order valence-corrected chi connectivity index (χ1v) is 15.4. The molecule has 3 aromatic heterocycles. The summed E-state index contributed by atoms with van der Waals surface area (Å²) in [7, 11) is 0. The van der Waals surface area contributed by atoms with Crippen LogP contribution in [0.4, 0.5) is 0 Å². The quantitative estimate of drug-likeness (QED) is 0.240. The summed E-state index contributed by atoms with van der Waals surface area (Å²) in [5.41, 5.74) is 14.7. The number of nitrogens with zero attached hydrogens (tertiary/aromatic N) is 4. The number of aromatic nitrogens is 4. The molecule has 46 heavy (non-hydrogen) atoms. The third-order valence-electron chi connectivity index (χ3n) is 9.21. The second kappa shape index (κ2) is 9.55. The minimum atomic E-state index is 0.788. The zero-order valence-electron chi connectivity index (χ0n) is 24.6. The average molecular weight is 591 g/mol. The molecule has 0 radical (unpaired) electrons. The number of hydrogen-bond acceptors (Lipinski definition) is 4. The third kappa shape index (κ3) is 3.52. The SMILES string of the molecule is c1ccc(-n2c3ccccc3c3ccc(C4=c5nccnc5=C(n5c6ccccc6c6cc7ccccc7cc65)NN4)cc32)cc1. The lowest BCUT2D eigenvalue weighted by molar-refractivity contribution is 0.741. The maximum Gasteiger partial charge on any atom is 0.158 e. The van der Waals surface area contributed by atoms with E-state index in [2.05, 4.69) is 153 Å². The van der Waals surface area contributed by atoms with Gasteiger partial charge in [0.05, 0.1) is 27.8 Å². The van der Waals surface area contributed by atoms with Gasteiger partial charge in [-0.05, 0) is 53.2 Å². The number of fused-ring (bicyclic) bond motifs is 8. The van der Waals surface area contributed by atoms with E-state index in [0.29, 0.717) is 0 Å². The van der Waals surface area contributed by atoms with Crippen molar-refractivity contribution in [2.75, 3.05) is 0 Å². The molecule has 0 spiro atoms. The van der Waals surface area contributed by atoms with Crippen LogP contribution >= 0.6 is 0 Å². The number of benzene rings is 6. The van der Waals surface area contributed by atoms with Crippen LogP contribution in [0.3, 0.4) is 0 Å². The van der Waals surface area contributed by atoms with Gasteiger partial charge in [-0.25, -0.2) is 4.98 Å². The molecule has 216 valence electrons. The molecule has 4 heterocycles. The number of rotatable bonds is 3. The standard InChI is InChI=1S/C40H26N6/c1-2-12-28(13-3-1)45-33-16-8-6-14-29(33)31-19-18-27(24-35(31)45)37-38-39(42-21-20-41-38)40(44-43-37)46-34-17-9-7-15-30(34)32-22-25-10-4-5-11-26(25)23-36(32)46/h1-24,43-44H. The molecule has 0 unspecified atom stereocenters. The van der Waals surface area contributed by atoms with E-state index in [1.54, 1.807) is 12.4 Å². The summed E-state index contributed by atoms with van der Waals surface area (Å²) < 4.78 is 4.60. The molecule has 0 bridgehead atoms. The molecule has 0 saturated carbocycles. The van der Waals surface area contributed by atoms with Gasteiger partial charge in [0.25, 0.3) is 0 Å². The van der Waals surface area contributed by atoms with Crippen molar-refractivity contribution in [1.82, 2.24) is 30.0 Å². The van der Waals surface area contributed by atoms with Crippen LogP contribution < -0.4 is 21.5 Å². The molecule has 1 aliphatic heterocycles. The Morgan fingerprint density at radius 1 is 0.435 bits per heavy atom. The first-order valence-electron chi connectivity index (χ1n) is 15.4. The Balaban J connectivity index is 1.27. The third-order valence-corrected chi connectivity index (χ3v) is 9.21. The molecule has 1 aliphatic rings. The maximum absolute atomic E-state index is 4.92. The first-order chi connectivity index (χ1) is 22.8. The lowest BCUT2D eigenvalue weighted by atomic mass is 10.1. The summed E-state index contributed by atoms with van der Waals surface area (Å²) in [6.07, 6.45) is 3.53. The van der Waals surface area contributed by atoms with Crippen LogP contribution in [0.1, 0.15) is 5.56 Å². The van der Waals surface area contributed by atoms with Gasteiger partial charge in [-0.2, -0.15) is 0 Å². The fraction of sp³-hybridized carbons (Fsp3) is 0. The van der Waals surface area contributed by atoms with E-state index in [0.717, 1.165) is 50.0 Å². The summed E-state index contributed by atoms with van der Waals surface area (Å²) in [5.74, 6) is 0.841. The highest BCUT2D eigenvalue weighted by Gasteiger charge is 2.21. The van der Waals surface area contributed by atoms with E-state index in [1.807, 2.05) is 0 Å². The Bertz CT molecular complexity index is 2810. The van der Waals surface area contributed by atoms with Gasteiger partial charge in [0.2, 0.25) is 0 Å². The minimum absolute atomic E-state index is 0.788. The van der Waals surface area contributed by atoms with E-state index in [-0.39, 0.29) is 0 Å². The largest absolute Gasteiger partial charge is 0.309 e. The molecular formula is C40H26N6. The highest BCUT2D eigenvalue weighted by molar-refractivity contribution is 6.14. The van der Waals surface area contributed by atoms with E-state index >= 15 is 0 Å². The van der Waals surface area contributed by atoms with Crippen LogP contribution in [0.15, 0.2) is 146 Å². The van der Waals surface area contributed by atoms with Crippen LogP contribution in [0.2, 0.25) is 0 Å². The van der Waals surface area contributed by atoms with Crippen molar-refractivity contribution in [3.63, 3.8) is 0 Å². The number of hydrogen-bond donors (Lipinski definition) is 2. The van der Waals surface area contributed by atoms with E-state index in [9.17, 15) is 0 Å². The number of nitrogens with one attached hydrogen (secondary N) is 2. The van der Waals surface area contributed by atoms with Gasteiger partial charge < -0.3 is 4.57 Å². The number of para-hydroxylation sites is 3. The molecule has 10 rings (SSSR count). The predicted octanol–water partition coefficient (Wildman–Crippen LogP) is 6.71. The van der Waals surface area contributed by atoms with Crippen molar-refractivity contribution in [2.45, 2.75) is 0 Å². The van der Waals surface area contributed by atoms with Gasteiger partial charge in [-0.1, -0.05) is 91.0 Å². The van der Waals surface area contributed by atoms with E-state index < -0.39 is 0 Å². The van der Waals surface area contributed by atoms with Gasteiger partial charge >= 0.3 is 0 Å². The van der Waals surface area contributed by atoms with Gasteiger partial charge in [0.15, 0.2) is 5.82 Å². The molecule has 0 amide bonds. The lowest BCUT2D eigenvalue weighted by Gasteiger charge is -2.22. The highest BCUT2D eigenvalue weighted by Crippen LogP contribution is 2.35. The average Bonchev–Trinajstić information content (AvgIpc) is 3.62. The first kappa shape index (κ1) is 25.0. The van der Waals surface area contributed by atoms with Crippen LogP contribution in [-0.4, -0.2) is 19.1 Å². The van der Waals surface area contributed by atoms with Crippen LogP contribution in [-0.2, 0) is 0 Å². The maximum atomic E-state index is 4.92. The fourth-order valence-corrected chi connectivity index (χ4v) is 7.18. The summed E-state index contributed by atoms with van der Waals surface area (Å²) in [6, 6.07) is 47.4. The molecular weight excluding hydrogens is 564 g/mol. The Kier molecular flexibility index (Phi) is 5.19. The van der Waals surface area contributed by atoms with Crippen molar-refractivity contribution >= 4 is 65.9 Å². The number of hydrazine groups is 1. The summed E-state index contributed by atoms with van der Waals surface area (Å²) in [5, 5.41) is 8.81. The molecule has 2 N–H and O–H groups in total. The highest BCUT2D eigenvalue weighted by atomic mass is 15.4. The zero-order valence-corrected chi connectivity index (χ0v) is 24.6. The molecule has 6 aromatic carbocycles. The molecule has 0 atom stereocenters. The Morgan fingerprint density at radius 3 is 1.85 bits per heavy atom. The van der Waals surface area contributed by atoms with Gasteiger partial charge in [0, 0.05) is 45.2 Å². The molecule has 0 aliphatic carbocycles. The van der Waals surface area contributed by atoms with E-state index in [1.165, 1.54) is 37.8 Å². The molecule has 9 aromatic rings. The van der Waals surface area contributed by atoms with Crippen molar-refractivity contribution in [3.8, 4) is 5.69 Å². The zero-order chi connectivity index (χ0) is 30.2. The van der Waals surface area contributed by atoms with Crippen molar-refractivity contribution in [1.29, 1.82) is 0 Å². The summed E-state index contributed by atoms with van der Waals surface area (Å²) >= 11 is 0. The summed E-state index contributed by atoms with van der Waals surface area (Å²) in [6.45, 7) is 0. The van der Waals surface area contributed by atoms with Crippen LogP contribution in [0.25, 0.3) is 71.6 Å². The Hall–Kier alpha value is -6.40. The van der Waals surface area contributed by atoms with Gasteiger partial charge in [-0.15, -0.1) is 0 Å². The Labute approximate surface area is 263 Å². The van der Waals surface area contributed by atoms with E-state index in [4.69, 9.17) is 9.97 Å². The topological polar surface area (TPSA) is 59.7 Å². The second-order valence-corrected chi connectivity index (χ2v) is 11.7. The minimum Gasteiger partial charge on any atom is -0.309 e. The monoisotopic (exact) mass is 590 g/mol. The van der Waals surface area contributed by atoms with Crippen LogP contribution in [0.5, 0.6) is 0 Å². The molecule has 6 heteroatoms. The normalized spacial score (nSPS) is 13.0. The van der Waals surface area contributed by atoms with Gasteiger partial charge in [0.1, 0.15) is 10.7 Å². The fourth-order valence-electron chi connectivity index (χ4n) is 7.18. The molecule has 0 fully saturated rings. The van der Waals surface area contributed by atoms with Gasteiger partial charge in [-0.3, -0.25) is 20.4 Å². The second-order valence-electron chi connectivity index (χ2n) is 11.7. The van der Waals surface area contributed by atoms with Crippen molar-refractivity contribution in [3.05, 3.63) is 162 Å². The van der Waals surface area contributed by atoms with Crippen molar-refractivity contribution < 1.29 is 0 Å². The summed E-state index contributed by atoms with van der Waals surface area (Å²) in [4.78, 5) is 9.83. The molecule has 0 saturated heterocycles. The predicted molar refractivity (Wildman–Crippen MR) is 187 cm³/mol. The Morgan fingerprint density at radius 2 is 1.04 bits per heavy atom. The molecule has 6 nitrogen and oxygen atoms in total.